The van der Waals surface area contributed by atoms with Crippen LogP contribution in [0.2, 0.25) is 0 Å². The zero-order valence-electron chi connectivity index (χ0n) is 13.5. The molecule has 1 aliphatic heterocycles. The molecule has 2 nitrogen and oxygen atoms in total. The monoisotopic (exact) mass is 264 g/mol. The second kappa shape index (κ2) is 7.74. The summed E-state index contributed by atoms with van der Waals surface area (Å²) >= 11 is 0. The van der Waals surface area contributed by atoms with Crippen LogP contribution in [0.15, 0.2) is 24.0 Å². The molecule has 0 fully saturated rings. The molecular formula is C17H32N2. The summed E-state index contributed by atoms with van der Waals surface area (Å²) in [5.74, 6) is 0.657. The first-order valence-corrected chi connectivity index (χ1v) is 7.82. The fourth-order valence-corrected chi connectivity index (χ4v) is 2.16. The molecule has 1 atom stereocenters. The lowest BCUT2D eigenvalue weighted by atomic mass is 9.89. The summed E-state index contributed by atoms with van der Waals surface area (Å²) in [6.07, 6.45) is 13.1. The van der Waals surface area contributed by atoms with Crippen LogP contribution in [-0.4, -0.2) is 11.6 Å². The Morgan fingerprint density at radius 1 is 1.37 bits per heavy atom. The van der Waals surface area contributed by atoms with Crippen molar-refractivity contribution in [2.45, 2.75) is 66.7 Å². The highest BCUT2D eigenvalue weighted by molar-refractivity contribution is 5.10. The molecule has 0 bridgehead atoms. The van der Waals surface area contributed by atoms with Crippen molar-refractivity contribution >= 4 is 0 Å². The summed E-state index contributed by atoms with van der Waals surface area (Å²) in [5, 5.41) is 2.21. The van der Waals surface area contributed by atoms with E-state index in [0.29, 0.717) is 11.3 Å². The molecule has 1 N–H and O–H groups in total. The van der Waals surface area contributed by atoms with Crippen LogP contribution in [0.3, 0.4) is 0 Å². The molecule has 0 radical (unpaired) electrons. The number of rotatable bonds is 7. The summed E-state index contributed by atoms with van der Waals surface area (Å²) in [4.78, 5) is 0. The zero-order valence-corrected chi connectivity index (χ0v) is 13.5. The van der Waals surface area contributed by atoms with E-state index in [4.69, 9.17) is 0 Å². The van der Waals surface area contributed by atoms with Gasteiger partial charge in [0, 0.05) is 18.4 Å². The third-order valence-corrected chi connectivity index (χ3v) is 3.73. The van der Waals surface area contributed by atoms with Gasteiger partial charge in [-0.25, -0.2) is 5.43 Å². The molecule has 2 heteroatoms. The Kier molecular flexibility index (Phi) is 6.64. The lowest BCUT2D eigenvalue weighted by molar-refractivity contribution is 0.344. The molecular weight excluding hydrogens is 232 g/mol. The Morgan fingerprint density at radius 2 is 2.11 bits per heavy atom. The van der Waals surface area contributed by atoms with Crippen LogP contribution >= 0.6 is 0 Å². The number of nitrogens with one attached hydrogen (secondary N) is 1. The molecule has 0 saturated heterocycles. The van der Waals surface area contributed by atoms with E-state index < -0.39 is 0 Å². The number of hydrazine groups is 1. The largest absolute Gasteiger partial charge is 0.289 e. The highest BCUT2D eigenvalue weighted by Gasteiger charge is 2.13. The first kappa shape index (κ1) is 16.3. The fraction of sp³-hybridized carbons (Fsp3) is 0.765. The minimum Gasteiger partial charge on any atom is -0.289 e. The van der Waals surface area contributed by atoms with E-state index in [0.717, 1.165) is 6.54 Å². The van der Waals surface area contributed by atoms with Gasteiger partial charge in [-0.15, -0.1) is 0 Å². The van der Waals surface area contributed by atoms with Crippen LogP contribution in [0.5, 0.6) is 0 Å². The van der Waals surface area contributed by atoms with Gasteiger partial charge in [-0.2, -0.15) is 0 Å². The van der Waals surface area contributed by atoms with E-state index in [1.807, 2.05) is 0 Å². The molecule has 0 amide bonds. The van der Waals surface area contributed by atoms with Gasteiger partial charge in [0.15, 0.2) is 0 Å². The molecule has 0 aromatic rings. The lowest BCUT2D eigenvalue weighted by Gasteiger charge is -2.20. The predicted molar refractivity (Wildman–Crippen MR) is 84.4 cm³/mol. The van der Waals surface area contributed by atoms with Crippen molar-refractivity contribution in [3.63, 3.8) is 0 Å². The van der Waals surface area contributed by atoms with Crippen molar-refractivity contribution in [2.75, 3.05) is 6.54 Å². The van der Waals surface area contributed by atoms with E-state index in [1.54, 1.807) is 0 Å². The molecule has 0 saturated carbocycles. The highest BCUT2D eigenvalue weighted by Crippen LogP contribution is 2.24. The highest BCUT2D eigenvalue weighted by atomic mass is 15.5. The van der Waals surface area contributed by atoms with Crippen molar-refractivity contribution in [1.29, 1.82) is 0 Å². The summed E-state index contributed by atoms with van der Waals surface area (Å²) in [7, 11) is 0. The number of allylic oxidation sites excluding steroid dienone is 2. The molecule has 1 heterocycles. The van der Waals surface area contributed by atoms with Crippen LogP contribution in [0.1, 0.15) is 66.7 Å². The molecule has 0 aromatic carbocycles. The third kappa shape index (κ3) is 6.81. The topological polar surface area (TPSA) is 15.3 Å². The lowest BCUT2D eigenvalue weighted by Crippen LogP contribution is -2.26. The van der Waals surface area contributed by atoms with Gasteiger partial charge in [-0.05, 0) is 36.7 Å². The van der Waals surface area contributed by atoms with Gasteiger partial charge >= 0.3 is 0 Å². The van der Waals surface area contributed by atoms with Gasteiger partial charge in [0.1, 0.15) is 0 Å². The van der Waals surface area contributed by atoms with Gasteiger partial charge in [-0.1, -0.05) is 53.5 Å². The van der Waals surface area contributed by atoms with E-state index in [2.05, 4.69) is 63.4 Å². The van der Waals surface area contributed by atoms with Crippen LogP contribution in [0, 0.1) is 11.3 Å². The van der Waals surface area contributed by atoms with Crippen LogP contribution < -0.4 is 5.43 Å². The maximum atomic E-state index is 3.40. The van der Waals surface area contributed by atoms with E-state index >= 15 is 0 Å². The Labute approximate surface area is 119 Å². The second-order valence-electron chi connectivity index (χ2n) is 6.92. The van der Waals surface area contributed by atoms with Gasteiger partial charge in [0.25, 0.3) is 0 Å². The van der Waals surface area contributed by atoms with Gasteiger partial charge < -0.3 is 0 Å². The summed E-state index contributed by atoms with van der Waals surface area (Å²) < 4.78 is 0. The van der Waals surface area contributed by atoms with E-state index in [9.17, 15) is 0 Å². The number of unbranched alkanes of at least 4 members (excludes halogenated alkanes) is 1. The number of nitrogens with zero attached hydrogens (tertiary/aromatic N) is 1. The minimum atomic E-state index is 0.471. The normalized spacial score (nSPS) is 18.2. The van der Waals surface area contributed by atoms with Crippen molar-refractivity contribution in [3.05, 3.63) is 24.0 Å². The van der Waals surface area contributed by atoms with Crippen LogP contribution in [-0.2, 0) is 0 Å². The van der Waals surface area contributed by atoms with E-state index in [1.165, 1.54) is 37.8 Å². The first-order chi connectivity index (χ1) is 8.92. The molecule has 110 valence electrons. The van der Waals surface area contributed by atoms with E-state index in [-0.39, 0.29) is 0 Å². The summed E-state index contributed by atoms with van der Waals surface area (Å²) in [5.41, 5.74) is 5.31. The molecule has 1 aliphatic rings. The number of hydrogen-bond donors (Lipinski definition) is 1. The second-order valence-corrected chi connectivity index (χ2v) is 6.92. The fourth-order valence-electron chi connectivity index (χ4n) is 2.16. The maximum absolute atomic E-state index is 3.40. The Balaban J connectivity index is 2.30. The molecule has 1 rings (SSSR count). The van der Waals surface area contributed by atoms with Crippen molar-refractivity contribution in [3.8, 4) is 0 Å². The maximum Gasteiger partial charge on any atom is 0.0355 e. The van der Waals surface area contributed by atoms with Crippen LogP contribution in [0.4, 0.5) is 0 Å². The molecule has 1 unspecified atom stereocenters. The van der Waals surface area contributed by atoms with Crippen LogP contribution in [0.25, 0.3) is 0 Å². The summed E-state index contributed by atoms with van der Waals surface area (Å²) in [6, 6.07) is 0. The molecule has 0 aliphatic carbocycles. The Bertz CT molecular complexity index is 310. The predicted octanol–water partition coefficient (Wildman–Crippen LogP) is 4.86. The van der Waals surface area contributed by atoms with Crippen molar-refractivity contribution < 1.29 is 0 Å². The SMILES string of the molecule is CCC(C)/C=C/N1NCC=C1CCCCC(C)(C)C. The molecule has 0 spiro atoms. The van der Waals surface area contributed by atoms with Gasteiger partial charge in [-0.3, -0.25) is 5.01 Å². The smallest absolute Gasteiger partial charge is 0.0355 e. The minimum absolute atomic E-state index is 0.471. The standard InChI is InChI=1S/C17H32N2/c1-6-15(2)11-14-19-16(10-13-18-19)9-7-8-12-17(3,4)5/h10-11,14-15,18H,6-9,12-13H2,1-5H3/b14-11+. The average Bonchev–Trinajstić information content (AvgIpc) is 2.78. The third-order valence-electron chi connectivity index (χ3n) is 3.73. The quantitative estimate of drug-likeness (QED) is 0.661. The Morgan fingerprint density at radius 3 is 2.74 bits per heavy atom. The first-order valence-electron chi connectivity index (χ1n) is 7.82. The van der Waals surface area contributed by atoms with Gasteiger partial charge in [0.2, 0.25) is 0 Å². The Hall–Kier alpha value is -0.760. The molecule has 19 heavy (non-hydrogen) atoms. The van der Waals surface area contributed by atoms with Crippen molar-refractivity contribution in [2.24, 2.45) is 11.3 Å². The average molecular weight is 264 g/mol. The molecule has 0 aromatic heterocycles. The van der Waals surface area contributed by atoms with Crippen molar-refractivity contribution in [1.82, 2.24) is 10.4 Å². The van der Waals surface area contributed by atoms with Gasteiger partial charge in [0.05, 0.1) is 0 Å². The summed E-state index contributed by atoms with van der Waals surface area (Å²) in [6.45, 7) is 12.4. The number of hydrogen-bond acceptors (Lipinski definition) is 2. The zero-order chi connectivity index (χ0) is 14.3.